The molecule has 166 valence electrons. The van der Waals surface area contributed by atoms with E-state index in [1.165, 1.54) is 6.07 Å². The number of anilines is 2. The summed E-state index contributed by atoms with van der Waals surface area (Å²) in [4.78, 5) is 15.2. The number of para-hydroxylation sites is 1. The van der Waals surface area contributed by atoms with Crippen LogP contribution in [0.4, 0.5) is 15.8 Å². The van der Waals surface area contributed by atoms with Crippen molar-refractivity contribution in [2.45, 2.75) is 32.1 Å². The van der Waals surface area contributed by atoms with E-state index in [2.05, 4.69) is 5.32 Å². The van der Waals surface area contributed by atoms with Gasteiger partial charge >= 0.3 is 0 Å². The molecule has 1 aliphatic heterocycles. The fraction of sp³-hybridized carbons (Fsp3) is 0.360. The van der Waals surface area contributed by atoms with Crippen LogP contribution in [-0.4, -0.2) is 42.0 Å². The Kier molecular flexibility index (Phi) is 5.90. The monoisotopic (exact) mass is 434 g/mol. The lowest BCUT2D eigenvalue weighted by atomic mass is 10.1. The molecule has 6 nitrogen and oxygen atoms in total. The number of ether oxygens (including phenoxy) is 1. The molecular weight excluding hydrogens is 407 g/mol. The highest BCUT2D eigenvalue weighted by atomic mass is 19.1. The Labute approximate surface area is 187 Å². The van der Waals surface area contributed by atoms with E-state index < -0.39 is 0 Å². The quantitative estimate of drug-likeness (QED) is 0.620. The van der Waals surface area contributed by atoms with E-state index in [1.54, 1.807) is 12.1 Å². The number of carbonyl (C=O) groups is 1. The van der Waals surface area contributed by atoms with Crippen LogP contribution in [0.2, 0.25) is 0 Å². The second kappa shape index (κ2) is 9.12. The van der Waals surface area contributed by atoms with Gasteiger partial charge in [0, 0.05) is 30.0 Å². The standard InChI is InChI=1S/C25H27FN4O2/c26-21-17-18(11-12-23(21)29-13-15-32-16-14-29)27-25(31)24-20-9-5-2-6-10-22(20)30(28-24)19-7-3-1-4-8-19/h1,3-4,7-8,11-12,17H,2,5-6,9-10,13-16H2,(H,27,31). The van der Waals surface area contributed by atoms with Crippen molar-refractivity contribution in [3.63, 3.8) is 0 Å². The zero-order valence-corrected chi connectivity index (χ0v) is 18.0. The highest BCUT2D eigenvalue weighted by Gasteiger charge is 2.25. The Morgan fingerprint density at radius 1 is 1.00 bits per heavy atom. The molecule has 1 aromatic heterocycles. The maximum atomic E-state index is 14.8. The van der Waals surface area contributed by atoms with Crippen LogP contribution >= 0.6 is 0 Å². The summed E-state index contributed by atoms with van der Waals surface area (Å²) in [7, 11) is 0. The molecule has 0 saturated carbocycles. The summed E-state index contributed by atoms with van der Waals surface area (Å²) >= 11 is 0. The minimum atomic E-state index is -0.349. The third-order valence-corrected chi connectivity index (χ3v) is 6.20. The molecule has 1 amide bonds. The van der Waals surface area contributed by atoms with Crippen molar-refractivity contribution in [3.8, 4) is 5.69 Å². The van der Waals surface area contributed by atoms with E-state index in [9.17, 15) is 9.18 Å². The minimum Gasteiger partial charge on any atom is -0.378 e. The van der Waals surface area contributed by atoms with Crippen molar-refractivity contribution < 1.29 is 13.9 Å². The predicted octanol–water partition coefficient (Wildman–Crippen LogP) is 4.37. The molecule has 2 aromatic carbocycles. The van der Waals surface area contributed by atoms with E-state index in [1.807, 2.05) is 39.9 Å². The van der Waals surface area contributed by atoms with Gasteiger partial charge in [-0.15, -0.1) is 0 Å². The van der Waals surface area contributed by atoms with E-state index in [4.69, 9.17) is 9.84 Å². The third kappa shape index (κ3) is 4.12. The summed E-state index contributed by atoms with van der Waals surface area (Å²) in [5.41, 5.74) is 4.46. The summed E-state index contributed by atoms with van der Waals surface area (Å²) in [6.45, 7) is 2.50. The molecule has 0 spiro atoms. The number of rotatable bonds is 4. The smallest absolute Gasteiger partial charge is 0.276 e. The number of halogens is 1. The van der Waals surface area contributed by atoms with Crippen LogP contribution in [0.15, 0.2) is 48.5 Å². The number of benzene rings is 2. The first kappa shape index (κ1) is 20.7. The van der Waals surface area contributed by atoms with Crippen LogP contribution < -0.4 is 10.2 Å². The number of hydrogen-bond donors (Lipinski definition) is 1. The van der Waals surface area contributed by atoms with Gasteiger partial charge in [-0.25, -0.2) is 9.07 Å². The first-order valence-electron chi connectivity index (χ1n) is 11.3. The van der Waals surface area contributed by atoms with Gasteiger partial charge in [-0.2, -0.15) is 5.10 Å². The minimum absolute atomic E-state index is 0.295. The number of amides is 1. The van der Waals surface area contributed by atoms with Crippen molar-refractivity contribution in [2.24, 2.45) is 0 Å². The maximum absolute atomic E-state index is 14.8. The number of morpholine rings is 1. The Hall–Kier alpha value is -3.19. The molecule has 0 unspecified atom stereocenters. The lowest BCUT2D eigenvalue weighted by Gasteiger charge is -2.29. The summed E-state index contributed by atoms with van der Waals surface area (Å²) in [5, 5.41) is 7.57. The Morgan fingerprint density at radius 3 is 2.56 bits per heavy atom. The summed E-state index contributed by atoms with van der Waals surface area (Å²) in [6, 6.07) is 14.8. The number of nitrogens with zero attached hydrogens (tertiary/aromatic N) is 3. The fourth-order valence-electron chi connectivity index (χ4n) is 4.58. The van der Waals surface area contributed by atoms with Crippen LogP contribution in [0.25, 0.3) is 5.69 Å². The molecule has 2 heterocycles. The predicted molar refractivity (Wildman–Crippen MR) is 122 cm³/mol. The first-order valence-corrected chi connectivity index (χ1v) is 11.3. The average molecular weight is 435 g/mol. The van der Waals surface area contributed by atoms with Crippen LogP contribution in [-0.2, 0) is 17.6 Å². The topological polar surface area (TPSA) is 59.4 Å². The van der Waals surface area contributed by atoms with Gasteiger partial charge in [0.05, 0.1) is 24.6 Å². The molecule has 0 bridgehead atoms. The lowest BCUT2D eigenvalue weighted by molar-refractivity contribution is 0.102. The Morgan fingerprint density at radius 2 is 1.78 bits per heavy atom. The summed E-state index contributed by atoms with van der Waals surface area (Å²) < 4.78 is 22.0. The van der Waals surface area contributed by atoms with Gasteiger partial charge in [0.2, 0.25) is 0 Å². The molecule has 7 heteroatoms. The molecule has 1 fully saturated rings. The van der Waals surface area contributed by atoms with E-state index in [0.29, 0.717) is 43.4 Å². The van der Waals surface area contributed by atoms with Crippen molar-refractivity contribution >= 4 is 17.3 Å². The third-order valence-electron chi connectivity index (χ3n) is 6.20. The number of carbonyl (C=O) groups excluding carboxylic acids is 1. The van der Waals surface area contributed by atoms with Gasteiger partial charge in [0.25, 0.3) is 5.91 Å². The highest BCUT2D eigenvalue weighted by Crippen LogP contribution is 2.28. The van der Waals surface area contributed by atoms with Crippen LogP contribution in [0.5, 0.6) is 0 Å². The molecule has 2 aliphatic rings. The van der Waals surface area contributed by atoms with Crippen molar-refractivity contribution in [2.75, 3.05) is 36.5 Å². The fourth-order valence-corrected chi connectivity index (χ4v) is 4.58. The largest absolute Gasteiger partial charge is 0.378 e. The molecule has 1 saturated heterocycles. The van der Waals surface area contributed by atoms with E-state index in [0.717, 1.165) is 49.0 Å². The second-order valence-corrected chi connectivity index (χ2v) is 8.30. The summed E-state index contributed by atoms with van der Waals surface area (Å²) in [5.74, 6) is -0.644. The van der Waals surface area contributed by atoms with Gasteiger partial charge in [-0.05, 0) is 56.0 Å². The van der Waals surface area contributed by atoms with Crippen molar-refractivity contribution in [3.05, 3.63) is 71.3 Å². The van der Waals surface area contributed by atoms with Crippen molar-refractivity contribution in [1.29, 1.82) is 0 Å². The van der Waals surface area contributed by atoms with E-state index >= 15 is 0 Å². The average Bonchev–Trinajstić information content (AvgIpc) is 3.01. The highest BCUT2D eigenvalue weighted by molar-refractivity contribution is 6.04. The Bertz CT molecular complexity index is 1110. The molecule has 5 rings (SSSR count). The van der Waals surface area contributed by atoms with Crippen LogP contribution in [0.1, 0.15) is 41.0 Å². The molecule has 32 heavy (non-hydrogen) atoms. The SMILES string of the molecule is O=C(Nc1ccc(N2CCOCC2)c(F)c1)c1nn(-c2ccccc2)c2c1CCCCC2. The van der Waals surface area contributed by atoms with Crippen LogP contribution in [0.3, 0.4) is 0 Å². The normalized spacial score (nSPS) is 16.3. The summed E-state index contributed by atoms with van der Waals surface area (Å²) in [6.07, 6.45) is 4.98. The zero-order valence-electron chi connectivity index (χ0n) is 18.0. The maximum Gasteiger partial charge on any atom is 0.276 e. The lowest BCUT2D eigenvalue weighted by Crippen LogP contribution is -2.36. The molecule has 1 aliphatic carbocycles. The number of nitrogens with one attached hydrogen (secondary N) is 1. The molecule has 0 atom stereocenters. The molecule has 1 N–H and O–H groups in total. The molecule has 3 aromatic rings. The zero-order chi connectivity index (χ0) is 21.9. The first-order chi connectivity index (χ1) is 15.7. The Balaban J connectivity index is 1.42. The van der Waals surface area contributed by atoms with Gasteiger partial charge < -0.3 is 15.0 Å². The van der Waals surface area contributed by atoms with E-state index in [-0.39, 0.29) is 11.7 Å². The number of aromatic nitrogens is 2. The molecule has 0 radical (unpaired) electrons. The second-order valence-electron chi connectivity index (χ2n) is 8.30. The van der Waals surface area contributed by atoms with Gasteiger partial charge in [-0.1, -0.05) is 24.6 Å². The number of hydrogen-bond acceptors (Lipinski definition) is 4. The van der Waals surface area contributed by atoms with Crippen molar-refractivity contribution in [1.82, 2.24) is 9.78 Å². The molecular formula is C25H27FN4O2. The van der Waals surface area contributed by atoms with Gasteiger partial charge in [0.15, 0.2) is 5.69 Å². The van der Waals surface area contributed by atoms with Gasteiger partial charge in [0.1, 0.15) is 5.82 Å². The number of fused-ring (bicyclic) bond motifs is 1. The van der Waals surface area contributed by atoms with Gasteiger partial charge in [-0.3, -0.25) is 4.79 Å². The van der Waals surface area contributed by atoms with Crippen LogP contribution in [0, 0.1) is 5.82 Å².